The molecule has 8 bridgehead atoms. The third-order valence-electron chi connectivity index (χ3n) is 16.3. The molecule has 1 aromatic heterocycles. The van der Waals surface area contributed by atoms with Gasteiger partial charge in [0.2, 0.25) is 0 Å². The van der Waals surface area contributed by atoms with Gasteiger partial charge in [0, 0.05) is 42.4 Å². The van der Waals surface area contributed by atoms with Crippen molar-refractivity contribution in [3.05, 3.63) is 125 Å². The second-order valence-corrected chi connectivity index (χ2v) is 20.5. The van der Waals surface area contributed by atoms with Crippen LogP contribution in [0.25, 0.3) is 44.4 Å². The van der Waals surface area contributed by atoms with Crippen molar-refractivity contribution in [3.63, 3.8) is 0 Å². The van der Waals surface area contributed by atoms with Gasteiger partial charge < -0.3 is 5.11 Å². The van der Waals surface area contributed by atoms with Crippen molar-refractivity contribution >= 4 is 16.7 Å². The van der Waals surface area contributed by atoms with Crippen LogP contribution < -0.4 is 0 Å². The second-order valence-electron chi connectivity index (χ2n) is 20.5. The standard InChI is InChI=1S/C30H18F4N.C23H32O2.Ir/c1-30(2)22-15-17(23-14-13-21-25(31)26(32)27(33)28(34)29(21)35-23)11-12-19(22)20-10-6-9-18(24(20)30)16-7-4-3-5-8-16;24-20(22-8-14-1-15(9-22)3-16(2-14)10-22)7-21(25)23-11-17-4-18(12-23)6-19(5-17)13-23;/h3-10,12-15H,1-2H3;7,14-19,24H,1-6,8-13H2;/q-1;;/b;20-7-;. The van der Waals surface area contributed by atoms with Crippen LogP contribution in [-0.4, -0.2) is 15.9 Å². The Kier molecular flexibility index (Phi) is 9.88. The van der Waals surface area contributed by atoms with Crippen LogP contribution in [0.4, 0.5) is 17.6 Å². The Morgan fingerprint density at radius 2 is 1.21 bits per heavy atom. The van der Waals surface area contributed by atoms with E-state index in [1.54, 1.807) is 6.08 Å². The summed E-state index contributed by atoms with van der Waals surface area (Å²) in [6.07, 6.45) is 16.8. The van der Waals surface area contributed by atoms with Crippen LogP contribution in [0.15, 0.2) is 84.6 Å². The number of pyridine rings is 1. The van der Waals surface area contributed by atoms with E-state index in [0.29, 0.717) is 22.8 Å². The molecule has 1 radical (unpaired) electrons. The topological polar surface area (TPSA) is 50.2 Å². The number of carbonyl (C=O) groups is 1. The molecule has 0 unspecified atom stereocenters. The van der Waals surface area contributed by atoms with Crippen molar-refractivity contribution in [2.45, 2.75) is 96.3 Å². The first kappa shape index (κ1) is 40.9. The molecule has 0 saturated heterocycles. The average molecular weight is 1000 g/mol. The van der Waals surface area contributed by atoms with Gasteiger partial charge in [-0.05, 0) is 140 Å². The molecule has 1 heterocycles. The first-order valence-electron chi connectivity index (χ1n) is 22.1. The number of ketones is 1. The van der Waals surface area contributed by atoms with Gasteiger partial charge >= 0.3 is 0 Å². The number of hydrogen-bond acceptors (Lipinski definition) is 3. The number of allylic oxidation sites excluding steroid dienone is 2. The number of rotatable bonds is 5. The summed E-state index contributed by atoms with van der Waals surface area (Å²) in [5, 5.41) is 10.7. The minimum Gasteiger partial charge on any atom is -0.512 e. The molecular weight excluding hydrogens is 951 g/mol. The van der Waals surface area contributed by atoms with Gasteiger partial charge in [-0.15, -0.1) is 29.3 Å². The predicted octanol–water partition coefficient (Wildman–Crippen LogP) is 13.7. The first-order chi connectivity index (χ1) is 28.8. The van der Waals surface area contributed by atoms with Crippen LogP contribution in [0.1, 0.15) is 102 Å². The van der Waals surface area contributed by atoms with Gasteiger partial charge in [-0.1, -0.05) is 85.6 Å². The van der Waals surface area contributed by atoms with Crippen LogP contribution in [0.2, 0.25) is 0 Å². The van der Waals surface area contributed by atoms with Gasteiger partial charge in [0.25, 0.3) is 0 Å². The molecule has 5 aromatic rings. The number of aromatic nitrogens is 1. The number of hydrogen-bond donors (Lipinski definition) is 1. The summed E-state index contributed by atoms with van der Waals surface area (Å²) in [7, 11) is 0. The number of aliphatic hydroxyl groups excluding tert-OH is 1. The molecule has 14 rings (SSSR count). The molecule has 8 heteroatoms. The van der Waals surface area contributed by atoms with Crippen LogP contribution >= 0.6 is 0 Å². The van der Waals surface area contributed by atoms with E-state index in [-0.39, 0.29) is 36.4 Å². The average Bonchev–Trinajstić information content (AvgIpc) is 3.47. The van der Waals surface area contributed by atoms with E-state index in [0.717, 1.165) is 102 Å². The monoisotopic (exact) mass is 1000 g/mol. The van der Waals surface area contributed by atoms with Crippen LogP contribution in [-0.2, 0) is 30.3 Å². The molecule has 61 heavy (non-hydrogen) atoms. The number of aliphatic hydroxyl groups is 1. The molecule has 3 nitrogen and oxygen atoms in total. The Bertz CT molecular complexity index is 2560. The zero-order chi connectivity index (χ0) is 41.3. The normalized spacial score (nSPS) is 30.7. The van der Waals surface area contributed by atoms with Crippen molar-refractivity contribution in [1.82, 2.24) is 4.98 Å². The second kappa shape index (κ2) is 14.7. The maximum absolute atomic E-state index is 14.4. The van der Waals surface area contributed by atoms with Crippen LogP contribution in [0, 0.1) is 75.7 Å². The minimum atomic E-state index is -1.87. The van der Waals surface area contributed by atoms with Crippen LogP contribution in [0.5, 0.6) is 0 Å². The predicted molar refractivity (Wildman–Crippen MR) is 226 cm³/mol. The Balaban J connectivity index is 0.000000151. The Morgan fingerprint density at radius 3 is 1.80 bits per heavy atom. The number of halogens is 4. The number of fused-ring (bicyclic) bond motifs is 4. The molecule has 0 spiro atoms. The van der Waals surface area contributed by atoms with E-state index in [9.17, 15) is 27.5 Å². The maximum atomic E-state index is 14.4. The zero-order valence-corrected chi connectivity index (χ0v) is 37.0. The summed E-state index contributed by atoms with van der Waals surface area (Å²) in [5.74, 6) is -1.05. The summed E-state index contributed by atoms with van der Waals surface area (Å²) >= 11 is 0. The van der Waals surface area contributed by atoms with Crippen molar-refractivity contribution < 1.29 is 47.6 Å². The molecule has 8 saturated carbocycles. The maximum Gasteiger partial charge on any atom is 0.199 e. The molecule has 9 aliphatic carbocycles. The molecule has 4 aromatic carbocycles. The van der Waals surface area contributed by atoms with Gasteiger partial charge in [0.15, 0.2) is 29.1 Å². The zero-order valence-electron chi connectivity index (χ0n) is 34.6. The number of nitrogens with zero attached hydrogens (tertiary/aromatic N) is 1. The van der Waals surface area contributed by atoms with Crippen molar-refractivity contribution in [2.75, 3.05) is 0 Å². The third kappa shape index (κ3) is 6.51. The molecule has 0 atom stereocenters. The third-order valence-corrected chi connectivity index (χ3v) is 16.3. The van der Waals surface area contributed by atoms with Crippen molar-refractivity contribution in [1.29, 1.82) is 0 Å². The summed E-state index contributed by atoms with van der Waals surface area (Å²) in [4.78, 5) is 17.5. The fraction of sp³-hybridized carbons (Fsp3) is 0.434. The van der Waals surface area contributed by atoms with Crippen molar-refractivity contribution in [3.8, 4) is 33.5 Å². The van der Waals surface area contributed by atoms with E-state index in [1.807, 2.05) is 36.4 Å². The molecule has 8 fully saturated rings. The largest absolute Gasteiger partial charge is 0.512 e. The molecule has 0 amide bonds. The Morgan fingerprint density at radius 1 is 0.672 bits per heavy atom. The quantitative estimate of drug-likeness (QED) is 0.0477. The fourth-order valence-corrected chi connectivity index (χ4v) is 14.5. The molecular formula is C53H50F4IrNO2-. The molecule has 0 aliphatic heterocycles. The first-order valence-corrected chi connectivity index (χ1v) is 22.1. The van der Waals surface area contributed by atoms with E-state index >= 15 is 0 Å². The number of carbonyl (C=O) groups excluding carboxylic acids is 1. The van der Waals surface area contributed by atoms with Crippen LogP contribution in [0.3, 0.4) is 0 Å². The van der Waals surface area contributed by atoms with Gasteiger partial charge in [0.1, 0.15) is 11.3 Å². The van der Waals surface area contributed by atoms with Gasteiger partial charge in [-0.25, -0.2) is 17.6 Å². The van der Waals surface area contributed by atoms with E-state index in [1.165, 1.54) is 56.2 Å². The fourth-order valence-electron chi connectivity index (χ4n) is 14.5. The van der Waals surface area contributed by atoms with E-state index in [4.69, 9.17) is 0 Å². The van der Waals surface area contributed by atoms with Gasteiger partial charge in [-0.2, -0.15) is 0 Å². The summed E-state index contributed by atoms with van der Waals surface area (Å²) in [6.45, 7) is 4.30. The summed E-state index contributed by atoms with van der Waals surface area (Å²) in [6, 6.07) is 26.1. The SMILES string of the molecule is CC1(C)c2cc(-c3ccc4c(F)c(F)c(F)c(F)c4n3)[c-]cc2-c2cccc(-c3ccccc3)c21.O=C(/C=C(\O)C12CC3CC(CC(C3)C1)C2)C12CC3CC(CC(C3)C1)C2.[Ir]. The van der Waals surface area contributed by atoms with Gasteiger partial charge in [0.05, 0.1) is 0 Å². The van der Waals surface area contributed by atoms with Gasteiger partial charge in [-0.3, -0.25) is 9.78 Å². The van der Waals surface area contributed by atoms with Crippen molar-refractivity contribution in [2.24, 2.45) is 46.3 Å². The summed E-state index contributed by atoms with van der Waals surface area (Å²) in [5.41, 5.74) is 6.49. The molecule has 9 aliphatic rings. The number of benzene rings is 4. The van der Waals surface area contributed by atoms with E-state index in [2.05, 4.69) is 49.2 Å². The van der Waals surface area contributed by atoms with E-state index < -0.39 is 34.2 Å². The smallest absolute Gasteiger partial charge is 0.199 e. The molecule has 317 valence electrons. The molecule has 1 N–H and O–H groups in total. The summed E-state index contributed by atoms with van der Waals surface area (Å²) < 4.78 is 56.0. The Hall–Kier alpha value is -4.13. The Labute approximate surface area is 368 Å². The minimum absolute atomic E-state index is 0.